The number of ether oxygens (including phenoxy) is 1. The Hall–Kier alpha value is -1.98. The zero-order chi connectivity index (χ0) is 12.6. The van der Waals surface area contributed by atoms with Crippen LogP contribution < -0.4 is 10.3 Å². The summed E-state index contributed by atoms with van der Waals surface area (Å²) in [5.41, 5.74) is -1.68. The first kappa shape index (κ1) is 11.5. The molecular formula is C11H8F3NO2. The highest BCUT2D eigenvalue weighted by molar-refractivity contribution is 5.88. The van der Waals surface area contributed by atoms with Gasteiger partial charge in [-0.25, -0.2) is 0 Å². The van der Waals surface area contributed by atoms with E-state index in [0.717, 1.165) is 0 Å². The van der Waals surface area contributed by atoms with Crippen molar-refractivity contribution in [2.24, 2.45) is 0 Å². The van der Waals surface area contributed by atoms with Gasteiger partial charge in [0.2, 0.25) is 5.56 Å². The van der Waals surface area contributed by atoms with E-state index in [1.165, 1.54) is 25.3 Å². The summed E-state index contributed by atoms with van der Waals surface area (Å²) < 4.78 is 43.3. The highest BCUT2D eigenvalue weighted by Gasteiger charge is 2.34. The average molecular weight is 243 g/mol. The zero-order valence-corrected chi connectivity index (χ0v) is 8.76. The average Bonchev–Trinajstić information content (AvgIpc) is 2.25. The molecule has 17 heavy (non-hydrogen) atoms. The van der Waals surface area contributed by atoms with Gasteiger partial charge in [0.05, 0.1) is 23.6 Å². The zero-order valence-electron chi connectivity index (χ0n) is 8.76. The minimum atomic E-state index is -4.60. The number of rotatable bonds is 1. The molecule has 1 aromatic heterocycles. The highest BCUT2D eigenvalue weighted by Crippen LogP contribution is 2.37. The fraction of sp³-hybridized carbons (Fsp3) is 0.182. The summed E-state index contributed by atoms with van der Waals surface area (Å²) in [7, 11) is 1.28. The summed E-state index contributed by atoms with van der Waals surface area (Å²) in [6, 6.07) is 4.85. The first-order valence-corrected chi connectivity index (χ1v) is 4.70. The summed E-state index contributed by atoms with van der Waals surface area (Å²) in [6.45, 7) is 0. The van der Waals surface area contributed by atoms with Gasteiger partial charge in [-0.2, -0.15) is 13.2 Å². The van der Waals surface area contributed by atoms with Gasteiger partial charge in [-0.05, 0) is 12.1 Å². The van der Waals surface area contributed by atoms with E-state index in [-0.39, 0.29) is 16.7 Å². The van der Waals surface area contributed by atoms with Gasteiger partial charge >= 0.3 is 6.18 Å². The molecule has 0 atom stereocenters. The second kappa shape index (κ2) is 3.80. The number of aromatic amines is 1. The summed E-state index contributed by atoms with van der Waals surface area (Å²) in [5.74, 6) is 0.0751. The lowest BCUT2D eigenvalue weighted by Crippen LogP contribution is -2.14. The third-order valence-corrected chi connectivity index (χ3v) is 2.35. The van der Waals surface area contributed by atoms with E-state index in [1.807, 2.05) is 0 Å². The molecule has 0 saturated heterocycles. The van der Waals surface area contributed by atoms with Crippen LogP contribution in [0.3, 0.4) is 0 Å². The Balaban J connectivity index is 2.95. The monoisotopic (exact) mass is 243 g/mol. The third kappa shape index (κ3) is 1.98. The van der Waals surface area contributed by atoms with Crippen LogP contribution >= 0.6 is 0 Å². The molecule has 1 heterocycles. The first-order valence-electron chi connectivity index (χ1n) is 4.70. The van der Waals surface area contributed by atoms with Crippen LogP contribution in [0, 0.1) is 0 Å². The van der Waals surface area contributed by atoms with E-state index >= 15 is 0 Å². The predicted molar refractivity (Wildman–Crippen MR) is 56.1 cm³/mol. The topological polar surface area (TPSA) is 42.1 Å². The van der Waals surface area contributed by atoms with Gasteiger partial charge in [-0.3, -0.25) is 4.79 Å². The van der Waals surface area contributed by atoms with E-state index < -0.39 is 17.3 Å². The minimum absolute atomic E-state index is 0.0751. The Morgan fingerprint density at radius 2 is 2.00 bits per heavy atom. The second-order valence-electron chi connectivity index (χ2n) is 3.43. The van der Waals surface area contributed by atoms with Crippen molar-refractivity contribution in [2.75, 3.05) is 7.11 Å². The maximum absolute atomic E-state index is 12.8. The number of methoxy groups -OCH3 is 1. The molecule has 0 aliphatic carbocycles. The van der Waals surface area contributed by atoms with Crippen molar-refractivity contribution in [3.63, 3.8) is 0 Å². The maximum atomic E-state index is 12.8. The van der Waals surface area contributed by atoms with Crippen molar-refractivity contribution in [1.82, 2.24) is 4.98 Å². The van der Waals surface area contributed by atoms with Crippen LogP contribution in [-0.2, 0) is 6.18 Å². The quantitative estimate of drug-likeness (QED) is 0.836. The van der Waals surface area contributed by atoms with E-state index in [0.29, 0.717) is 6.07 Å². The molecule has 0 unspecified atom stereocenters. The Bertz CT molecular complexity index is 616. The standard InChI is InChI=1S/C11H8F3NO2/c1-17-8-4-2-3-7-10(8)6(11(12,13)14)5-9(16)15-7/h2-5H,1H3,(H,15,16). The molecule has 0 aliphatic rings. The molecule has 0 bridgehead atoms. The van der Waals surface area contributed by atoms with Crippen molar-refractivity contribution >= 4 is 10.9 Å². The van der Waals surface area contributed by atoms with Crippen LogP contribution in [0.2, 0.25) is 0 Å². The summed E-state index contributed by atoms with van der Waals surface area (Å²) >= 11 is 0. The number of halogens is 3. The Kier molecular flexibility index (Phi) is 2.57. The van der Waals surface area contributed by atoms with E-state index in [4.69, 9.17) is 4.74 Å². The van der Waals surface area contributed by atoms with Gasteiger partial charge in [-0.15, -0.1) is 0 Å². The van der Waals surface area contributed by atoms with Gasteiger partial charge in [0, 0.05) is 6.07 Å². The molecule has 6 heteroatoms. The fourth-order valence-electron chi connectivity index (χ4n) is 1.68. The van der Waals surface area contributed by atoms with Gasteiger partial charge in [0.25, 0.3) is 0 Å². The number of benzene rings is 1. The van der Waals surface area contributed by atoms with E-state index in [9.17, 15) is 18.0 Å². The predicted octanol–water partition coefficient (Wildman–Crippen LogP) is 2.56. The lowest BCUT2D eigenvalue weighted by atomic mass is 10.1. The molecule has 0 fully saturated rings. The Morgan fingerprint density at radius 3 is 2.59 bits per heavy atom. The van der Waals surface area contributed by atoms with E-state index in [1.54, 1.807) is 0 Å². The van der Waals surface area contributed by atoms with Crippen LogP contribution in [0.15, 0.2) is 29.1 Å². The number of hydrogen-bond donors (Lipinski definition) is 1. The molecule has 2 rings (SSSR count). The van der Waals surface area contributed by atoms with Crippen molar-refractivity contribution in [2.45, 2.75) is 6.18 Å². The molecule has 0 spiro atoms. The molecule has 3 nitrogen and oxygen atoms in total. The normalized spacial score (nSPS) is 11.8. The number of hydrogen-bond acceptors (Lipinski definition) is 2. The number of alkyl halides is 3. The number of nitrogens with one attached hydrogen (secondary N) is 1. The SMILES string of the molecule is COc1cccc2[nH]c(=O)cc(C(F)(F)F)c12. The largest absolute Gasteiger partial charge is 0.496 e. The molecule has 0 saturated carbocycles. The molecule has 0 amide bonds. The van der Waals surface area contributed by atoms with Crippen LogP contribution in [0.4, 0.5) is 13.2 Å². The van der Waals surface area contributed by atoms with Crippen LogP contribution in [0.5, 0.6) is 5.75 Å². The lowest BCUT2D eigenvalue weighted by molar-refractivity contribution is -0.136. The Labute approximate surface area is 93.8 Å². The number of H-pyrrole nitrogens is 1. The smallest absolute Gasteiger partial charge is 0.417 e. The van der Waals surface area contributed by atoms with Crippen molar-refractivity contribution in [3.8, 4) is 5.75 Å². The van der Waals surface area contributed by atoms with Crippen molar-refractivity contribution < 1.29 is 17.9 Å². The summed E-state index contributed by atoms with van der Waals surface area (Å²) in [4.78, 5) is 13.5. The highest BCUT2D eigenvalue weighted by atomic mass is 19.4. The van der Waals surface area contributed by atoms with Crippen molar-refractivity contribution in [3.05, 3.63) is 40.2 Å². The van der Waals surface area contributed by atoms with Gasteiger partial charge in [0.15, 0.2) is 0 Å². The second-order valence-corrected chi connectivity index (χ2v) is 3.43. The molecule has 1 aromatic carbocycles. The van der Waals surface area contributed by atoms with Crippen molar-refractivity contribution in [1.29, 1.82) is 0 Å². The van der Waals surface area contributed by atoms with Crippen LogP contribution in [-0.4, -0.2) is 12.1 Å². The van der Waals surface area contributed by atoms with Crippen LogP contribution in [0.25, 0.3) is 10.9 Å². The van der Waals surface area contributed by atoms with Gasteiger partial charge < -0.3 is 9.72 Å². The molecule has 1 N–H and O–H groups in total. The number of pyridine rings is 1. The minimum Gasteiger partial charge on any atom is -0.496 e. The van der Waals surface area contributed by atoms with Crippen LogP contribution in [0.1, 0.15) is 5.56 Å². The molecule has 0 radical (unpaired) electrons. The maximum Gasteiger partial charge on any atom is 0.417 e. The van der Waals surface area contributed by atoms with Gasteiger partial charge in [-0.1, -0.05) is 6.07 Å². The fourth-order valence-corrected chi connectivity index (χ4v) is 1.68. The molecule has 90 valence electrons. The number of fused-ring (bicyclic) bond motifs is 1. The van der Waals surface area contributed by atoms with Gasteiger partial charge in [0.1, 0.15) is 5.75 Å². The molecule has 0 aliphatic heterocycles. The number of aromatic nitrogens is 1. The Morgan fingerprint density at radius 1 is 1.29 bits per heavy atom. The summed E-state index contributed by atoms with van der Waals surface area (Å²) in [5, 5.41) is -0.137. The summed E-state index contributed by atoms with van der Waals surface area (Å²) in [6.07, 6.45) is -4.60. The first-order chi connectivity index (χ1) is 7.93. The lowest BCUT2D eigenvalue weighted by Gasteiger charge is -2.12. The third-order valence-electron chi connectivity index (χ3n) is 2.35. The van der Waals surface area contributed by atoms with E-state index in [2.05, 4.69) is 4.98 Å². The molecular weight excluding hydrogens is 235 g/mol. The molecule has 2 aromatic rings.